The zero-order valence-electron chi connectivity index (χ0n) is 11.0. The molecule has 3 aromatic rings. The molecule has 3 rings (SSSR count). The smallest absolute Gasteiger partial charge is 0.141 e. The summed E-state index contributed by atoms with van der Waals surface area (Å²) in [5.74, 6) is 0.689. The maximum atomic E-state index is 5.94. The standard InChI is InChI=1S/C16H14N2OS/c1-19-15-8-7-12(9-13(15)17)16-18-14(10-20-16)11-5-3-2-4-6-11/h2-10H,17H2,1H3. The number of methoxy groups -OCH3 is 1. The van der Waals surface area contributed by atoms with Crippen molar-refractivity contribution in [2.24, 2.45) is 0 Å². The van der Waals surface area contributed by atoms with Crippen LogP contribution in [0, 0.1) is 0 Å². The quantitative estimate of drug-likeness (QED) is 0.737. The van der Waals surface area contributed by atoms with E-state index in [4.69, 9.17) is 10.5 Å². The number of ether oxygens (including phenoxy) is 1. The first-order chi connectivity index (χ1) is 9.78. The van der Waals surface area contributed by atoms with Crippen molar-refractivity contribution in [1.82, 2.24) is 4.98 Å². The molecule has 2 N–H and O–H groups in total. The fourth-order valence-electron chi connectivity index (χ4n) is 2.02. The number of nitrogens with zero attached hydrogens (tertiary/aromatic N) is 1. The lowest BCUT2D eigenvalue weighted by Crippen LogP contribution is -1.92. The van der Waals surface area contributed by atoms with Gasteiger partial charge in [-0.1, -0.05) is 30.3 Å². The number of nitrogen functional groups attached to an aromatic ring is 1. The second-order valence-corrected chi connectivity index (χ2v) is 5.22. The summed E-state index contributed by atoms with van der Waals surface area (Å²) in [7, 11) is 1.61. The molecule has 0 aliphatic heterocycles. The molecule has 0 unspecified atom stereocenters. The fraction of sp³-hybridized carbons (Fsp3) is 0.0625. The molecule has 1 aromatic heterocycles. The van der Waals surface area contributed by atoms with Gasteiger partial charge < -0.3 is 10.5 Å². The van der Waals surface area contributed by atoms with Crippen LogP contribution in [0.1, 0.15) is 0 Å². The number of hydrogen-bond acceptors (Lipinski definition) is 4. The number of aromatic nitrogens is 1. The second kappa shape index (κ2) is 5.35. The first-order valence-electron chi connectivity index (χ1n) is 6.23. The van der Waals surface area contributed by atoms with Crippen LogP contribution < -0.4 is 10.5 Å². The van der Waals surface area contributed by atoms with Gasteiger partial charge >= 0.3 is 0 Å². The van der Waals surface area contributed by atoms with E-state index in [0.717, 1.165) is 21.8 Å². The van der Waals surface area contributed by atoms with Gasteiger partial charge in [-0.15, -0.1) is 11.3 Å². The number of benzene rings is 2. The zero-order chi connectivity index (χ0) is 13.9. The Bertz CT molecular complexity index is 722. The van der Waals surface area contributed by atoms with Gasteiger partial charge in [-0.25, -0.2) is 4.98 Å². The molecule has 2 aromatic carbocycles. The normalized spacial score (nSPS) is 10.4. The average molecular weight is 282 g/mol. The molecule has 0 saturated carbocycles. The minimum absolute atomic E-state index is 0.626. The second-order valence-electron chi connectivity index (χ2n) is 4.36. The summed E-state index contributed by atoms with van der Waals surface area (Å²) in [5.41, 5.74) is 9.68. The van der Waals surface area contributed by atoms with Crippen molar-refractivity contribution < 1.29 is 4.74 Å². The molecule has 0 fully saturated rings. The molecule has 20 heavy (non-hydrogen) atoms. The largest absolute Gasteiger partial charge is 0.495 e. The van der Waals surface area contributed by atoms with E-state index in [2.05, 4.69) is 22.5 Å². The van der Waals surface area contributed by atoms with E-state index in [-0.39, 0.29) is 0 Å². The topological polar surface area (TPSA) is 48.1 Å². The summed E-state index contributed by atoms with van der Waals surface area (Å²) >= 11 is 1.61. The van der Waals surface area contributed by atoms with Gasteiger partial charge in [-0.2, -0.15) is 0 Å². The van der Waals surface area contributed by atoms with Gasteiger partial charge in [0.05, 0.1) is 18.5 Å². The number of rotatable bonds is 3. The Hall–Kier alpha value is -2.33. The van der Waals surface area contributed by atoms with E-state index in [0.29, 0.717) is 11.4 Å². The Balaban J connectivity index is 1.96. The number of anilines is 1. The molecule has 100 valence electrons. The maximum absolute atomic E-state index is 5.94. The summed E-state index contributed by atoms with van der Waals surface area (Å²) in [4.78, 5) is 4.67. The maximum Gasteiger partial charge on any atom is 0.141 e. The molecule has 0 saturated heterocycles. The number of hydrogen-bond donors (Lipinski definition) is 1. The lowest BCUT2D eigenvalue weighted by Gasteiger charge is -2.05. The monoisotopic (exact) mass is 282 g/mol. The third-order valence-electron chi connectivity index (χ3n) is 3.05. The summed E-state index contributed by atoms with van der Waals surface area (Å²) in [6.07, 6.45) is 0. The van der Waals surface area contributed by atoms with Crippen LogP contribution in [0.25, 0.3) is 21.8 Å². The van der Waals surface area contributed by atoms with Crippen LogP contribution in [-0.2, 0) is 0 Å². The average Bonchev–Trinajstić information content (AvgIpc) is 2.98. The van der Waals surface area contributed by atoms with Gasteiger partial charge in [0.1, 0.15) is 10.8 Å². The third-order valence-corrected chi connectivity index (χ3v) is 3.94. The van der Waals surface area contributed by atoms with Crippen LogP contribution in [0.3, 0.4) is 0 Å². The van der Waals surface area contributed by atoms with E-state index in [1.165, 1.54) is 0 Å². The van der Waals surface area contributed by atoms with Crippen LogP contribution in [-0.4, -0.2) is 12.1 Å². The summed E-state index contributed by atoms with van der Waals surface area (Å²) in [5, 5.41) is 3.02. The predicted molar refractivity (Wildman–Crippen MR) is 84.0 cm³/mol. The minimum atomic E-state index is 0.626. The van der Waals surface area contributed by atoms with Crippen molar-refractivity contribution in [3.05, 3.63) is 53.9 Å². The molecule has 0 aliphatic carbocycles. The van der Waals surface area contributed by atoms with Crippen molar-refractivity contribution in [2.45, 2.75) is 0 Å². The molecule has 0 aliphatic rings. The summed E-state index contributed by atoms with van der Waals surface area (Å²) in [6.45, 7) is 0. The van der Waals surface area contributed by atoms with Crippen LogP contribution in [0.15, 0.2) is 53.9 Å². The molecule has 0 bridgehead atoms. The van der Waals surface area contributed by atoms with Crippen LogP contribution in [0.2, 0.25) is 0 Å². The first-order valence-corrected chi connectivity index (χ1v) is 7.11. The third kappa shape index (κ3) is 2.38. The number of thiazole rings is 1. The molecular weight excluding hydrogens is 268 g/mol. The van der Waals surface area contributed by atoms with Gasteiger partial charge in [0.15, 0.2) is 0 Å². The van der Waals surface area contributed by atoms with E-state index >= 15 is 0 Å². The van der Waals surface area contributed by atoms with Gasteiger partial charge in [0.25, 0.3) is 0 Å². The van der Waals surface area contributed by atoms with Gasteiger partial charge in [0.2, 0.25) is 0 Å². The molecule has 0 spiro atoms. The SMILES string of the molecule is COc1ccc(-c2nc(-c3ccccc3)cs2)cc1N. The lowest BCUT2D eigenvalue weighted by atomic mass is 10.1. The van der Waals surface area contributed by atoms with Gasteiger partial charge in [-0.3, -0.25) is 0 Å². The highest BCUT2D eigenvalue weighted by molar-refractivity contribution is 7.13. The Morgan fingerprint density at radius 1 is 1.05 bits per heavy atom. The summed E-state index contributed by atoms with van der Waals surface area (Å²) < 4.78 is 5.17. The van der Waals surface area contributed by atoms with Crippen LogP contribution in [0.5, 0.6) is 5.75 Å². The molecule has 0 atom stereocenters. The molecule has 1 heterocycles. The fourth-order valence-corrected chi connectivity index (χ4v) is 2.84. The van der Waals surface area contributed by atoms with E-state index < -0.39 is 0 Å². The van der Waals surface area contributed by atoms with Crippen molar-refractivity contribution in [3.8, 4) is 27.6 Å². The molecular formula is C16H14N2OS. The Labute approximate surface area is 121 Å². The van der Waals surface area contributed by atoms with Crippen molar-refractivity contribution in [1.29, 1.82) is 0 Å². The van der Waals surface area contributed by atoms with Gasteiger partial charge in [0, 0.05) is 16.5 Å². The van der Waals surface area contributed by atoms with Crippen LogP contribution in [0.4, 0.5) is 5.69 Å². The first kappa shape index (κ1) is 12.7. The molecule has 3 nitrogen and oxygen atoms in total. The predicted octanol–water partition coefficient (Wildman–Crippen LogP) is 4.07. The Morgan fingerprint density at radius 3 is 2.55 bits per heavy atom. The van der Waals surface area contributed by atoms with E-state index in [1.54, 1.807) is 18.4 Å². The summed E-state index contributed by atoms with van der Waals surface area (Å²) in [6, 6.07) is 15.9. The highest BCUT2D eigenvalue weighted by atomic mass is 32.1. The Morgan fingerprint density at radius 2 is 1.85 bits per heavy atom. The van der Waals surface area contributed by atoms with Crippen LogP contribution >= 0.6 is 11.3 Å². The molecule has 0 amide bonds. The Kier molecular flexibility index (Phi) is 3.39. The van der Waals surface area contributed by atoms with Crippen molar-refractivity contribution in [2.75, 3.05) is 12.8 Å². The van der Waals surface area contributed by atoms with E-state index in [1.807, 2.05) is 36.4 Å². The van der Waals surface area contributed by atoms with Crippen molar-refractivity contribution >= 4 is 17.0 Å². The van der Waals surface area contributed by atoms with Gasteiger partial charge in [-0.05, 0) is 18.2 Å². The highest BCUT2D eigenvalue weighted by Gasteiger charge is 2.08. The highest BCUT2D eigenvalue weighted by Crippen LogP contribution is 2.32. The number of nitrogens with two attached hydrogens (primary N) is 1. The molecule has 0 radical (unpaired) electrons. The lowest BCUT2D eigenvalue weighted by molar-refractivity contribution is 0.417. The zero-order valence-corrected chi connectivity index (χ0v) is 11.9. The minimum Gasteiger partial charge on any atom is -0.495 e. The van der Waals surface area contributed by atoms with E-state index in [9.17, 15) is 0 Å². The molecule has 4 heteroatoms. The van der Waals surface area contributed by atoms with Crippen molar-refractivity contribution in [3.63, 3.8) is 0 Å².